The maximum Gasteiger partial charge on any atom is 0.0823 e. The minimum atomic E-state index is 0.361. The summed E-state index contributed by atoms with van der Waals surface area (Å²) in [5.41, 5.74) is 2.50. The van der Waals surface area contributed by atoms with Crippen LogP contribution in [-0.4, -0.2) is 103 Å². The second-order valence-electron chi connectivity index (χ2n) is 9.59. The lowest BCUT2D eigenvalue weighted by Gasteiger charge is -2.38. The Morgan fingerprint density at radius 1 is 0.818 bits per heavy atom. The standard InChI is InChI=1S/C27H49N5S/c1-7-29-15-16-30(8-2)19-20-32(10-4)26(22-31(9-3)18-17-29)21-24-11-13-25(14-12-24)28-27(33)23(5)6/h11-14,23,26H,7-10,15-22H2,1-6H3,(H,28,33). The predicted molar refractivity (Wildman–Crippen MR) is 149 cm³/mol. The Morgan fingerprint density at radius 3 is 1.82 bits per heavy atom. The fourth-order valence-corrected chi connectivity index (χ4v) is 4.68. The first-order valence-electron chi connectivity index (χ1n) is 13.2. The van der Waals surface area contributed by atoms with E-state index in [4.69, 9.17) is 12.2 Å². The molecule has 6 heteroatoms. The quantitative estimate of drug-likeness (QED) is 0.563. The largest absolute Gasteiger partial charge is 0.350 e. The van der Waals surface area contributed by atoms with Crippen molar-refractivity contribution in [2.24, 2.45) is 5.92 Å². The molecule has 0 saturated carbocycles. The fourth-order valence-electron chi connectivity index (χ4n) is 4.56. The van der Waals surface area contributed by atoms with Gasteiger partial charge in [-0.2, -0.15) is 0 Å². The highest BCUT2D eigenvalue weighted by Crippen LogP contribution is 2.16. The smallest absolute Gasteiger partial charge is 0.0823 e. The third kappa shape index (κ3) is 9.61. The summed E-state index contributed by atoms with van der Waals surface area (Å²) < 4.78 is 0. The Labute approximate surface area is 209 Å². The Balaban J connectivity index is 2.16. The third-order valence-electron chi connectivity index (χ3n) is 7.12. The van der Waals surface area contributed by atoms with Crippen molar-refractivity contribution in [1.29, 1.82) is 0 Å². The molecule has 1 N–H and O–H groups in total. The van der Waals surface area contributed by atoms with E-state index in [1.165, 1.54) is 18.7 Å². The van der Waals surface area contributed by atoms with E-state index < -0.39 is 0 Å². The summed E-state index contributed by atoms with van der Waals surface area (Å²) in [6.07, 6.45) is 1.09. The van der Waals surface area contributed by atoms with Crippen LogP contribution >= 0.6 is 12.2 Å². The third-order valence-corrected chi connectivity index (χ3v) is 7.69. The topological polar surface area (TPSA) is 25.0 Å². The number of thiocarbonyl (C=S) groups is 1. The van der Waals surface area contributed by atoms with E-state index in [0.717, 1.165) is 76.0 Å². The van der Waals surface area contributed by atoms with Crippen LogP contribution in [-0.2, 0) is 6.42 Å². The predicted octanol–water partition coefficient (Wildman–Crippen LogP) is 4.29. The minimum Gasteiger partial charge on any atom is -0.350 e. The first-order chi connectivity index (χ1) is 15.9. The van der Waals surface area contributed by atoms with Crippen LogP contribution in [0.1, 0.15) is 47.1 Å². The van der Waals surface area contributed by atoms with Gasteiger partial charge in [-0.3, -0.25) is 4.90 Å². The Bertz CT molecular complexity index is 678. The zero-order chi connectivity index (χ0) is 24.2. The van der Waals surface area contributed by atoms with Gasteiger partial charge in [-0.15, -0.1) is 0 Å². The summed E-state index contributed by atoms with van der Waals surface area (Å²) in [4.78, 5) is 11.5. The fraction of sp³-hybridized carbons (Fsp3) is 0.741. The Morgan fingerprint density at radius 2 is 1.33 bits per heavy atom. The zero-order valence-electron chi connectivity index (χ0n) is 22.1. The van der Waals surface area contributed by atoms with E-state index in [1.807, 2.05) is 0 Å². The highest BCUT2D eigenvalue weighted by atomic mass is 32.1. The normalized spacial score (nSPS) is 21.0. The van der Waals surface area contributed by atoms with Crippen molar-refractivity contribution >= 4 is 22.9 Å². The highest BCUT2D eigenvalue weighted by molar-refractivity contribution is 7.80. The maximum atomic E-state index is 5.46. The van der Waals surface area contributed by atoms with Gasteiger partial charge in [-0.1, -0.05) is 65.9 Å². The molecule has 1 aliphatic heterocycles. The van der Waals surface area contributed by atoms with Crippen LogP contribution in [0.25, 0.3) is 0 Å². The second kappa shape index (κ2) is 15.0. The lowest BCUT2D eigenvalue weighted by Crippen LogP contribution is -2.50. The zero-order valence-corrected chi connectivity index (χ0v) is 23.0. The molecule has 0 radical (unpaired) electrons. The maximum absolute atomic E-state index is 5.46. The second-order valence-corrected chi connectivity index (χ2v) is 10.0. The van der Waals surface area contributed by atoms with Gasteiger partial charge in [0.1, 0.15) is 0 Å². The monoisotopic (exact) mass is 475 g/mol. The molecule has 0 bridgehead atoms. The van der Waals surface area contributed by atoms with Gasteiger partial charge in [0.15, 0.2) is 0 Å². The van der Waals surface area contributed by atoms with Crippen LogP contribution in [0.4, 0.5) is 5.69 Å². The van der Waals surface area contributed by atoms with Crippen molar-refractivity contribution in [2.45, 2.75) is 54.0 Å². The van der Waals surface area contributed by atoms with Gasteiger partial charge in [-0.25, -0.2) is 0 Å². The molecule has 1 aromatic carbocycles. The van der Waals surface area contributed by atoms with Crippen LogP contribution in [0.2, 0.25) is 0 Å². The van der Waals surface area contributed by atoms with Gasteiger partial charge < -0.3 is 20.0 Å². The lowest BCUT2D eigenvalue weighted by molar-refractivity contribution is 0.105. The van der Waals surface area contributed by atoms with E-state index in [9.17, 15) is 0 Å². The molecule has 0 spiro atoms. The van der Waals surface area contributed by atoms with Crippen molar-refractivity contribution in [1.82, 2.24) is 19.6 Å². The van der Waals surface area contributed by atoms with Crippen LogP contribution < -0.4 is 5.32 Å². The van der Waals surface area contributed by atoms with E-state index in [-0.39, 0.29) is 0 Å². The SMILES string of the molecule is CCN1CCN(CC)CCN(CC)C(Cc2ccc(NC(=S)C(C)C)cc2)CN(CC)CC1. The van der Waals surface area contributed by atoms with Gasteiger partial charge in [0.2, 0.25) is 0 Å². The van der Waals surface area contributed by atoms with Gasteiger partial charge in [0.25, 0.3) is 0 Å². The summed E-state index contributed by atoms with van der Waals surface area (Å²) in [5, 5.41) is 3.38. The number of hydrogen-bond donors (Lipinski definition) is 1. The van der Waals surface area contributed by atoms with Crippen LogP contribution in [0.15, 0.2) is 24.3 Å². The molecule has 5 nitrogen and oxygen atoms in total. The lowest BCUT2D eigenvalue weighted by atomic mass is 10.0. The summed E-state index contributed by atoms with van der Waals surface area (Å²) in [6.45, 7) is 26.1. The molecule has 1 atom stereocenters. The molecule has 33 heavy (non-hydrogen) atoms. The molecule has 1 heterocycles. The number of hydrogen-bond acceptors (Lipinski definition) is 5. The molecule has 1 fully saturated rings. The average Bonchev–Trinajstić information content (AvgIpc) is 2.81. The summed E-state index contributed by atoms with van der Waals surface area (Å²) in [5.74, 6) is 0.361. The molecule has 1 saturated heterocycles. The van der Waals surface area contributed by atoms with Gasteiger partial charge in [0, 0.05) is 63.5 Å². The van der Waals surface area contributed by atoms with E-state index in [0.29, 0.717) is 12.0 Å². The molecular weight excluding hydrogens is 426 g/mol. The molecule has 1 aromatic rings. The average molecular weight is 476 g/mol. The van der Waals surface area contributed by atoms with Crippen molar-refractivity contribution < 1.29 is 0 Å². The number of anilines is 1. The van der Waals surface area contributed by atoms with Crippen molar-refractivity contribution in [3.05, 3.63) is 29.8 Å². The van der Waals surface area contributed by atoms with E-state index in [2.05, 4.69) is 90.7 Å². The summed E-state index contributed by atoms with van der Waals surface area (Å²) in [7, 11) is 0. The van der Waals surface area contributed by atoms with E-state index >= 15 is 0 Å². The molecular formula is C27H49N5S. The van der Waals surface area contributed by atoms with Crippen molar-refractivity contribution in [3.63, 3.8) is 0 Å². The van der Waals surface area contributed by atoms with Gasteiger partial charge in [-0.05, 0) is 50.3 Å². The number of likely N-dealkylation sites (N-methyl/N-ethyl adjacent to an activating group) is 4. The Kier molecular flexibility index (Phi) is 12.9. The van der Waals surface area contributed by atoms with Gasteiger partial charge >= 0.3 is 0 Å². The molecule has 0 amide bonds. The number of benzene rings is 1. The minimum absolute atomic E-state index is 0.361. The molecule has 2 rings (SSSR count). The summed E-state index contributed by atoms with van der Waals surface area (Å²) in [6, 6.07) is 9.46. The first-order valence-corrected chi connectivity index (χ1v) is 13.6. The van der Waals surface area contributed by atoms with Crippen LogP contribution in [0.3, 0.4) is 0 Å². The van der Waals surface area contributed by atoms with Crippen LogP contribution in [0, 0.1) is 5.92 Å². The number of nitrogens with one attached hydrogen (secondary N) is 1. The summed E-state index contributed by atoms with van der Waals surface area (Å²) >= 11 is 5.46. The van der Waals surface area contributed by atoms with Crippen molar-refractivity contribution in [2.75, 3.05) is 77.3 Å². The Hall–Kier alpha value is -1.05. The molecule has 1 unspecified atom stereocenters. The van der Waals surface area contributed by atoms with E-state index in [1.54, 1.807) is 0 Å². The van der Waals surface area contributed by atoms with Crippen molar-refractivity contribution in [3.8, 4) is 0 Å². The molecule has 1 aliphatic rings. The van der Waals surface area contributed by atoms with Gasteiger partial charge in [0.05, 0.1) is 4.99 Å². The number of rotatable bonds is 8. The molecule has 188 valence electrons. The van der Waals surface area contributed by atoms with Crippen LogP contribution in [0.5, 0.6) is 0 Å². The number of nitrogens with zero attached hydrogens (tertiary/aromatic N) is 4. The molecule has 0 aromatic heterocycles. The highest BCUT2D eigenvalue weighted by Gasteiger charge is 2.22. The molecule has 0 aliphatic carbocycles. The first kappa shape index (κ1) is 28.2.